The molecule has 1 fully saturated rings. The predicted octanol–water partition coefficient (Wildman–Crippen LogP) is 4.54. The summed E-state index contributed by atoms with van der Waals surface area (Å²) < 4.78 is 5.87. The molecule has 4 rings (SSSR count). The second-order valence-corrected chi connectivity index (χ2v) is 7.84. The number of oxazole rings is 1. The number of rotatable bonds is 6. The summed E-state index contributed by atoms with van der Waals surface area (Å²) in [6, 6.07) is 14.6. The SMILES string of the molecule is Cc1oc(-c2cccs2)nc1CN1CCN(C/C=C/c2ccccc2)CC1. The number of hydrogen-bond donors (Lipinski definition) is 0. The van der Waals surface area contributed by atoms with E-state index in [0.29, 0.717) is 0 Å². The molecule has 0 N–H and O–H groups in total. The Morgan fingerprint density at radius 3 is 2.56 bits per heavy atom. The Balaban J connectivity index is 1.27. The summed E-state index contributed by atoms with van der Waals surface area (Å²) in [6.07, 6.45) is 4.47. The summed E-state index contributed by atoms with van der Waals surface area (Å²) in [7, 11) is 0. The molecule has 0 bridgehead atoms. The molecule has 27 heavy (non-hydrogen) atoms. The van der Waals surface area contributed by atoms with E-state index < -0.39 is 0 Å². The maximum Gasteiger partial charge on any atom is 0.236 e. The Morgan fingerprint density at radius 2 is 1.81 bits per heavy atom. The van der Waals surface area contributed by atoms with Crippen molar-refractivity contribution in [2.24, 2.45) is 0 Å². The van der Waals surface area contributed by atoms with Gasteiger partial charge in [-0.2, -0.15) is 0 Å². The fraction of sp³-hybridized carbons (Fsp3) is 0.318. The summed E-state index contributed by atoms with van der Waals surface area (Å²) >= 11 is 1.67. The maximum absolute atomic E-state index is 5.87. The molecule has 3 aromatic rings. The average molecular weight is 380 g/mol. The zero-order chi connectivity index (χ0) is 18.5. The second-order valence-electron chi connectivity index (χ2n) is 6.89. The average Bonchev–Trinajstić information content (AvgIpc) is 3.35. The summed E-state index contributed by atoms with van der Waals surface area (Å²) in [6.45, 7) is 8.22. The zero-order valence-corrected chi connectivity index (χ0v) is 16.5. The van der Waals surface area contributed by atoms with Gasteiger partial charge in [-0.1, -0.05) is 48.6 Å². The van der Waals surface area contributed by atoms with Gasteiger partial charge >= 0.3 is 0 Å². The topological polar surface area (TPSA) is 32.5 Å². The highest BCUT2D eigenvalue weighted by Gasteiger charge is 2.19. The quantitative estimate of drug-likeness (QED) is 0.629. The van der Waals surface area contributed by atoms with E-state index in [-0.39, 0.29) is 0 Å². The van der Waals surface area contributed by atoms with Crippen molar-refractivity contribution >= 4 is 17.4 Å². The van der Waals surface area contributed by atoms with Crippen molar-refractivity contribution < 1.29 is 4.42 Å². The third-order valence-electron chi connectivity index (χ3n) is 4.94. The van der Waals surface area contributed by atoms with Crippen LogP contribution in [0.15, 0.2) is 58.3 Å². The Morgan fingerprint density at radius 1 is 1.04 bits per heavy atom. The first-order chi connectivity index (χ1) is 13.3. The van der Waals surface area contributed by atoms with E-state index in [0.717, 1.165) is 61.5 Å². The van der Waals surface area contributed by atoms with E-state index in [1.807, 2.05) is 13.0 Å². The first-order valence-corrected chi connectivity index (χ1v) is 10.3. The highest BCUT2D eigenvalue weighted by atomic mass is 32.1. The van der Waals surface area contributed by atoms with Gasteiger partial charge in [0.15, 0.2) is 0 Å². The molecule has 140 valence electrons. The van der Waals surface area contributed by atoms with Crippen molar-refractivity contribution in [2.45, 2.75) is 13.5 Å². The third kappa shape index (κ3) is 4.75. The number of thiophene rings is 1. The molecule has 3 heterocycles. The fourth-order valence-electron chi connectivity index (χ4n) is 3.32. The minimum Gasteiger partial charge on any atom is -0.440 e. The number of hydrogen-bond acceptors (Lipinski definition) is 5. The molecular formula is C22H25N3OS. The lowest BCUT2D eigenvalue weighted by Crippen LogP contribution is -2.45. The largest absolute Gasteiger partial charge is 0.440 e. The molecule has 0 amide bonds. The summed E-state index contributed by atoms with van der Waals surface area (Å²) in [5.74, 6) is 1.69. The monoisotopic (exact) mass is 379 g/mol. The van der Waals surface area contributed by atoms with Crippen LogP contribution < -0.4 is 0 Å². The molecule has 0 atom stereocenters. The summed E-state index contributed by atoms with van der Waals surface area (Å²) in [5.41, 5.74) is 2.33. The van der Waals surface area contributed by atoms with Crippen molar-refractivity contribution in [3.63, 3.8) is 0 Å². The van der Waals surface area contributed by atoms with Crippen molar-refractivity contribution in [3.8, 4) is 10.8 Å². The molecule has 4 nitrogen and oxygen atoms in total. The van der Waals surface area contributed by atoms with E-state index in [2.05, 4.69) is 63.7 Å². The Labute approximate surface area is 164 Å². The molecule has 0 saturated carbocycles. The first-order valence-electron chi connectivity index (χ1n) is 9.44. The molecule has 5 heteroatoms. The molecule has 2 aromatic heterocycles. The van der Waals surface area contributed by atoms with Crippen molar-refractivity contribution in [2.75, 3.05) is 32.7 Å². The van der Waals surface area contributed by atoms with E-state index in [4.69, 9.17) is 9.40 Å². The third-order valence-corrected chi connectivity index (χ3v) is 5.79. The van der Waals surface area contributed by atoms with Gasteiger partial charge in [-0.15, -0.1) is 11.3 Å². The highest BCUT2D eigenvalue weighted by molar-refractivity contribution is 7.13. The van der Waals surface area contributed by atoms with E-state index in [1.165, 1.54) is 5.56 Å². The predicted molar refractivity (Wildman–Crippen MR) is 112 cm³/mol. The molecule has 1 aromatic carbocycles. The van der Waals surface area contributed by atoms with Crippen molar-refractivity contribution in [1.29, 1.82) is 0 Å². The van der Waals surface area contributed by atoms with Gasteiger partial charge in [-0.3, -0.25) is 9.80 Å². The van der Waals surface area contributed by atoms with E-state index >= 15 is 0 Å². The zero-order valence-electron chi connectivity index (χ0n) is 15.7. The Bertz CT molecular complexity index is 862. The van der Waals surface area contributed by atoms with Crippen LogP contribution in [0.2, 0.25) is 0 Å². The highest BCUT2D eigenvalue weighted by Crippen LogP contribution is 2.26. The summed E-state index contributed by atoms with van der Waals surface area (Å²) in [4.78, 5) is 10.8. The van der Waals surface area contributed by atoms with Crippen LogP contribution in [0.1, 0.15) is 17.0 Å². The van der Waals surface area contributed by atoms with Crippen LogP contribution in [0.5, 0.6) is 0 Å². The number of aryl methyl sites for hydroxylation is 1. The van der Waals surface area contributed by atoms with Crippen LogP contribution >= 0.6 is 11.3 Å². The number of piperazine rings is 1. The fourth-order valence-corrected chi connectivity index (χ4v) is 3.97. The van der Waals surface area contributed by atoms with E-state index in [1.54, 1.807) is 11.3 Å². The molecule has 0 spiro atoms. The van der Waals surface area contributed by atoms with Gasteiger partial charge in [-0.25, -0.2) is 4.98 Å². The van der Waals surface area contributed by atoms with Crippen molar-refractivity contribution in [3.05, 3.63) is 70.9 Å². The van der Waals surface area contributed by atoms with Gasteiger partial charge in [0, 0.05) is 39.3 Å². The lowest BCUT2D eigenvalue weighted by Gasteiger charge is -2.33. The number of benzene rings is 1. The molecule has 0 aliphatic carbocycles. The number of aromatic nitrogens is 1. The second kappa shape index (κ2) is 8.65. The van der Waals surface area contributed by atoms with Crippen LogP contribution in [0, 0.1) is 6.92 Å². The molecular weight excluding hydrogens is 354 g/mol. The maximum atomic E-state index is 5.87. The molecule has 0 radical (unpaired) electrons. The van der Waals surface area contributed by atoms with E-state index in [9.17, 15) is 0 Å². The van der Waals surface area contributed by atoms with Crippen LogP contribution in [-0.4, -0.2) is 47.5 Å². The van der Waals surface area contributed by atoms with Gasteiger partial charge in [0.05, 0.1) is 10.6 Å². The lowest BCUT2D eigenvalue weighted by molar-refractivity contribution is 0.135. The minimum absolute atomic E-state index is 0.752. The van der Waals surface area contributed by atoms with Gasteiger partial charge in [0.25, 0.3) is 0 Å². The van der Waals surface area contributed by atoms with Crippen LogP contribution in [0.25, 0.3) is 16.8 Å². The molecule has 1 aliphatic heterocycles. The first kappa shape index (κ1) is 18.2. The summed E-state index contributed by atoms with van der Waals surface area (Å²) in [5, 5.41) is 2.06. The number of nitrogens with zero attached hydrogens (tertiary/aromatic N) is 3. The van der Waals surface area contributed by atoms with Gasteiger partial charge in [-0.05, 0) is 23.9 Å². The minimum atomic E-state index is 0.752. The lowest BCUT2D eigenvalue weighted by atomic mass is 10.2. The van der Waals surface area contributed by atoms with Gasteiger partial charge in [0.1, 0.15) is 5.76 Å². The standard InChI is InChI=1S/C22H25N3OS/c1-18-20(23-22(26-18)21-10-6-16-27-21)17-25-14-12-24(13-15-25)11-5-9-19-7-3-2-4-8-19/h2-10,16H,11-15,17H2,1H3/b9-5+. The smallest absolute Gasteiger partial charge is 0.236 e. The molecule has 1 aliphatic rings. The van der Waals surface area contributed by atoms with Crippen LogP contribution in [0.3, 0.4) is 0 Å². The van der Waals surface area contributed by atoms with Gasteiger partial charge in [0.2, 0.25) is 5.89 Å². The van der Waals surface area contributed by atoms with Crippen molar-refractivity contribution in [1.82, 2.24) is 14.8 Å². The van der Waals surface area contributed by atoms with Gasteiger partial charge < -0.3 is 4.42 Å². The molecule has 1 saturated heterocycles. The van der Waals surface area contributed by atoms with Crippen LogP contribution in [0.4, 0.5) is 0 Å². The Kier molecular flexibility index (Phi) is 5.82. The normalized spacial score (nSPS) is 16.3. The Hall–Kier alpha value is -2.21. The molecule has 0 unspecified atom stereocenters. The van der Waals surface area contributed by atoms with Crippen LogP contribution in [-0.2, 0) is 6.54 Å².